The fourth-order valence-corrected chi connectivity index (χ4v) is 4.28. The minimum Gasteiger partial charge on any atom is -0.324 e. The van der Waals surface area contributed by atoms with Gasteiger partial charge in [0.05, 0.1) is 0 Å². The molecule has 0 bridgehead atoms. The highest BCUT2D eigenvalue weighted by Crippen LogP contribution is 2.31. The third-order valence-electron chi connectivity index (χ3n) is 6.07. The Morgan fingerprint density at radius 3 is 2.32 bits per heavy atom. The number of carbonyl (C=O) groups is 2. The van der Waals surface area contributed by atoms with Crippen molar-refractivity contribution in [3.8, 4) is 0 Å². The van der Waals surface area contributed by atoms with Crippen molar-refractivity contribution in [3.63, 3.8) is 0 Å². The van der Waals surface area contributed by atoms with E-state index in [4.69, 9.17) is 5.73 Å². The Balaban J connectivity index is 1.45. The first kappa shape index (κ1) is 23.5. The van der Waals surface area contributed by atoms with Crippen LogP contribution < -0.4 is 16.0 Å². The molecule has 34 heavy (non-hydrogen) atoms. The van der Waals surface area contributed by atoms with Crippen LogP contribution in [0, 0.1) is 11.6 Å². The molecule has 1 aromatic heterocycles. The molecule has 3 N–H and O–H groups in total. The zero-order chi connectivity index (χ0) is 24.1. The quantitative estimate of drug-likeness (QED) is 0.516. The third-order valence-corrected chi connectivity index (χ3v) is 6.07. The van der Waals surface area contributed by atoms with Gasteiger partial charge in [0.2, 0.25) is 5.91 Å². The number of anilines is 2. The lowest BCUT2D eigenvalue weighted by molar-refractivity contribution is -0.119. The Hall–Kier alpha value is -3.65. The zero-order valence-corrected chi connectivity index (χ0v) is 18.6. The summed E-state index contributed by atoms with van der Waals surface area (Å²) in [5.74, 6) is -2.45. The maximum Gasteiger partial charge on any atom is 0.255 e. The van der Waals surface area contributed by atoms with Gasteiger partial charge in [-0.25, -0.2) is 8.78 Å². The van der Waals surface area contributed by atoms with Crippen LogP contribution in [0.3, 0.4) is 0 Å². The van der Waals surface area contributed by atoms with E-state index in [1.807, 2.05) is 0 Å². The van der Waals surface area contributed by atoms with Crippen molar-refractivity contribution in [3.05, 3.63) is 89.8 Å². The fourth-order valence-electron chi connectivity index (χ4n) is 4.28. The first-order chi connectivity index (χ1) is 16.4. The Morgan fingerprint density at radius 2 is 1.68 bits per heavy atom. The molecule has 0 spiro atoms. The molecule has 8 heteroatoms. The van der Waals surface area contributed by atoms with Crippen molar-refractivity contribution in [2.24, 2.45) is 5.73 Å². The summed E-state index contributed by atoms with van der Waals surface area (Å²) in [6.07, 6.45) is 6.74. The second-order valence-electron chi connectivity index (χ2n) is 8.42. The number of amides is 2. The Morgan fingerprint density at radius 1 is 1.00 bits per heavy atom. The van der Waals surface area contributed by atoms with E-state index in [0.29, 0.717) is 22.5 Å². The molecule has 2 amide bonds. The number of hydrogen-bond acceptors (Lipinski definition) is 4. The van der Waals surface area contributed by atoms with E-state index in [0.717, 1.165) is 37.8 Å². The van der Waals surface area contributed by atoms with Crippen LogP contribution in [0.15, 0.2) is 67.0 Å². The maximum absolute atomic E-state index is 13.9. The summed E-state index contributed by atoms with van der Waals surface area (Å²) >= 11 is 0. The minimum absolute atomic E-state index is 0.00193. The van der Waals surface area contributed by atoms with Crippen molar-refractivity contribution in [1.82, 2.24) is 4.98 Å². The molecule has 2 aromatic carbocycles. The van der Waals surface area contributed by atoms with E-state index < -0.39 is 17.7 Å². The topological polar surface area (TPSA) is 88.3 Å². The SMILES string of the molecule is NC(CC(=O)N(c1ccc(F)c(F)c1)C1CCCC1)c1ccc(C(=O)Nc2ccncc2)cc1. The van der Waals surface area contributed by atoms with Crippen LogP contribution in [-0.2, 0) is 4.79 Å². The number of rotatable bonds is 7. The highest BCUT2D eigenvalue weighted by Gasteiger charge is 2.29. The number of hydrogen-bond donors (Lipinski definition) is 2. The summed E-state index contributed by atoms with van der Waals surface area (Å²) in [6, 6.07) is 13.0. The first-order valence-corrected chi connectivity index (χ1v) is 11.3. The van der Waals surface area contributed by atoms with Gasteiger partial charge in [0.1, 0.15) is 0 Å². The van der Waals surface area contributed by atoms with Gasteiger partial charge in [-0.3, -0.25) is 14.6 Å². The predicted molar refractivity (Wildman–Crippen MR) is 126 cm³/mol. The van der Waals surface area contributed by atoms with Crippen molar-refractivity contribution in [1.29, 1.82) is 0 Å². The van der Waals surface area contributed by atoms with Crippen LogP contribution in [0.2, 0.25) is 0 Å². The molecule has 1 aliphatic carbocycles. The number of nitrogens with one attached hydrogen (secondary N) is 1. The number of aromatic nitrogens is 1. The standard InChI is InChI=1S/C26H26F2N4O2/c27-22-10-9-21(15-23(22)28)32(20-3-1-2-4-20)25(33)16-24(29)17-5-7-18(8-6-17)26(34)31-19-11-13-30-14-12-19/h5-15,20,24H,1-4,16,29H2,(H,30,31,34). The smallest absolute Gasteiger partial charge is 0.255 e. The lowest BCUT2D eigenvalue weighted by Crippen LogP contribution is -2.40. The number of pyridine rings is 1. The van der Waals surface area contributed by atoms with E-state index in [1.165, 1.54) is 6.07 Å². The van der Waals surface area contributed by atoms with Crippen LogP contribution in [0.4, 0.5) is 20.2 Å². The molecule has 1 aliphatic rings. The van der Waals surface area contributed by atoms with Crippen LogP contribution in [-0.4, -0.2) is 22.8 Å². The van der Waals surface area contributed by atoms with Gasteiger partial charge in [0.15, 0.2) is 11.6 Å². The molecule has 4 rings (SSSR count). The molecular weight excluding hydrogens is 438 g/mol. The molecule has 0 radical (unpaired) electrons. The summed E-state index contributed by atoms with van der Waals surface area (Å²) in [5.41, 5.74) is 8.45. The molecule has 1 fully saturated rings. The van der Waals surface area contributed by atoms with Gasteiger partial charge in [0.25, 0.3) is 5.91 Å². The average Bonchev–Trinajstić information content (AvgIpc) is 3.36. The van der Waals surface area contributed by atoms with Crippen molar-refractivity contribution in [2.75, 3.05) is 10.2 Å². The van der Waals surface area contributed by atoms with Gasteiger partial charge >= 0.3 is 0 Å². The number of benzene rings is 2. The van der Waals surface area contributed by atoms with Crippen molar-refractivity contribution in [2.45, 2.75) is 44.2 Å². The lowest BCUT2D eigenvalue weighted by atomic mass is 10.0. The first-order valence-electron chi connectivity index (χ1n) is 11.3. The van der Waals surface area contributed by atoms with Gasteiger partial charge < -0.3 is 16.0 Å². The number of nitrogens with two attached hydrogens (primary N) is 1. The minimum atomic E-state index is -0.988. The Kier molecular flexibility index (Phi) is 7.27. The molecule has 1 saturated carbocycles. The highest BCUT2D eigenvalue weighted by atomic mass is 19.2. The number of halogens is 2. The van der Waals surface area contributed by atoms with Crippen molar-refractivity contribution >= 4 is 23.2 Å². The summed E-state index contributed by atoms with van der Waals surface area (Å²) in [5, 5.41) is 2.78. The van der Waals surface area contributed by atoms with Gasteiger partial charge in [-0.15, -0.1) is 0 Å². The Bertz CT molecular complexity index is 1150. The van der Waals surface area contributed by atoms with Gasteiger partial charge in [-0.2, -0.15) is 0 Å². The van der Waals surface area contributed by atoms with E-state index in [1.54, 1.807) is 53.7 Å². The summed E-state index contributed by atoms with van der Waals surface area (Å²) in [6.45, 7) is 0. The van der Waals surface area contributed by atoms with E-state index in [-0.39, 0.29) is 24.3 Å². The molecular formula is C26H26F2N4O2. The zero-order valence-electron chi connectivity index (χ0n) is 18.6. The Labute approximate surface area is 196 Å². The second kappa shape index (κ2) is 10.5. The van der Waals surface area contributed by atoms with Crippen LogP contribution in [0.5, 0.6) is 0 Å². The molecule has 1 unspecified atom stereocenters. The summed E-state index contributed by atoms with van der Waals surface area (Å²) in [4.78, 5) is 31.2. The van der Waals surface area contributed by atoms with Gasteiger partial charge in [-0.1, -0.05) is 25.0 Å². The van der Waals surface area contributed by atoms with Crippen LogP contribution in [0.25, 0.3) is 0 Å². The number of nitrogens with zero attached hydrogens (tertiary/aromatic N) is 2. The monoisotopic (exact) mass is 464 g/mol. The lowest BCUT2D eigenvalue weighted by Gasteiger charge is -2.30. The average molecular weight is 465 g/mol. The third kappa shape index (κ3) is 5.46. The van der Waals surface area contributed by atoms with E-state index >= 15 is 0 Å². The molecule has 1 heterocycles. The normalized spacial score (nSPS) is 14.6. The summed E-state index contributed by atoms with van der Waals surface area (Å²) in [7, 11) is 0. The molecule has 0 aliphatic heterocycles. The highest BCUT2D eigenvalue weighted by molar-refractivity contribution is 6.04. The molecule has 0 saturated heterocycles. The largest absolute Gasteiger partial charge is 0.324 e. The molecule has 1 atom stereocenters. The van der Waals surface area contributed by atoms with Crippen molar-refractivity contribution < 1.29 is 18.4 Å². The molecule has 3 aromatic rings. The molecule has 6 nitrogen and oxygen atoms in total. The van der Waals surface area contributed by atoms with Gasteiger partial charge in [-0.05, 0) is 54.8 Å². The predicted octanol–water partition coefficient (Wildman–Crippen LogP) is 4.98. The second-order valence-corrected chi connectivity index (χ2v) is 8.42. The summed E-state index contributed by atoms with van der Waals surface area (Å²) < 4.78 is 27.3. The fraction of sp³-hybridized carbons (Fsp3) is 0.269. The van der Waals surface area contributed by atoms with Gasteiger partial charge in [0, 0.05) is 53.9 Å². The maximum atomic E-state index is 13.9. The van der Waals surface area contributed by atoms with E-state index in [2.05, 4.69) is 10.3 Å². The van der Waals surface area contributed by atoms with E-state index in [9.17, 15) is 18.4 Å². The van der Waals surface area contributed by atoms with Crippen LogP contribution >= 0.6 is 0 Å². The number of carbonyl (C=O) groups excluding carboxylic acids is 2. The molecule has 176 valence electrons. The van der Waals surface area contributed by atoms with Crippen LogP contribution in [0.1, 0.15) is 54.1 Å².